The van der Waals surface area contributed by atoms with Gasteiger partial charge in [0.1, 0.15) is 5.75 Å². The first-order chi connectivity index (χ1) is 10.1. The van der Waals surface area contributed by atoms with Gasteiger partial charge in [-0.25, -0.2) is 4.98 Å². The lowest BCUT2D eigenvalue weighted by molar-refractivity contribution is -0.133. The van der Waals surface area contributed by atoms with Gasteiger partial charge in [0.25, 0.3) is 0 Å². The highest BCUT2D eigenvalue weighted by atomic mass is 32.2. The average Bonchev–Trinajstić information content (AvgIpc) is 2.83. The van der Waals surface area contributed by atoms with Crippen LogP contribution in [0.25, 0.3) is 0 Å². The highest BCUT2D eigenvalue weighted by Crippen LogP contribution is 2.19. The summed E-state index contributed by atoms with van der Waals surface area (Å²) in [4.78, 5) is 15.0. The Bertz CT molecular complexity index is 625. The van der Waals surface area contributed by atoms with Crippen molar-refractivity contribution in [3.05, 3.63) is 41.7 Å². The largest absolute Gasteiger partial charge is 0.497 e. The molecule has 0 saturated carbocycles. The number of benzene rings is 1. The lowest BCUT2D eigenvalue weighted by Crippen LogP contribution is -2.04. The molecule has 0 aliphatic carbocycles. The molecule has 2 aromatic rings. The second-order valence-corrected chi connectivity index (χ2v) is 5.58. The summed E-state index contributed by atoms with van der Waals surface area (Å²) in [5.41, 5.74) is 2.07. The van der Waals surface area contributed by atoms with Crippen molar-refractivity contribution in [3.8, 4) is 5.75 Å². The molecular weight excluding hydrogens is 288 g/mol. The Morgan fingerprint density at radius 2 is 2.29 bits per heavy atom. The number of hydrogen-bond acceptors (Lipinski definition) is 4. The van der Waals surface area contributed by atoms with Gasteiger partial charge < -0.3 is 14.4 Å². The van der Waals surface area contributed by atoms with E-state index in [1.54, 1.807) is 7.11 Å². The molecule has 0 spiro atoms. The van der Waals surface area contributed by atoms with Gasteiger partial charge in [-0.05, 0) is 31.0 Å². The molecule has 0 aliphatic heterocycles. The second-order valence-electron chi connectivity index (χ2n) is 4.64. The lowest BCUT2D eigenvalue weighted by Gasteiger charge is -2.08. The van der Waals surface area contributed by atoms with Crippen molar-refractivity contribution in [2.24, 2.45) is 0 Å². The first-order valence-electron chi connectivity index (χ1n) is 6.60. The molecule has 0 radical (unpaired) electrons. The Hall–Kier alpha value is -1.95. The zero-order valence-corrected chi connectivity index (χ0v) is 12.9. The molecule has 1 N–H and O–H groups in total. The minimum atomic E-state index is -0.833. The molecule has 1 aromatic carbocycles. The minimum absolute atomic E-state index is 0.0234. The van der Waals surface area contributed by atoms with Gasteiger partial charge in [0.15, 0.2) is 5.16 Å². The van der Waals surface area contributed by atoms with Crippen molar-refractivity contribution < 1.29 is 14.6 Å². The van der Waals surface area contributed by atoms with E-state index in [1.165, 1.54) is 17.3 Å². The van der Waals surface area contributed by atoms with Crippen molar-refractivity contribution in [1.29, 1.82) is 0 Å². The molecule has 1 heterocycles. The highest BCUT2D eigenvalue weighted by Gasteiger charge is 2.09. The topological polar surface area (TPSA) is 64.4 Å². The number of aromatic nitrogens is 2. The van der Waals surface area contributed by atoms with Crippen LogP contribution in [0.4, 0.5) is 0 Å². The Labute approximate surface area is 128 Å². The predicted molar refractivity (Wildman–Crippen MR) is 82.0 cm³/mol. The maximum absolute atomic E-state index is 10.7. The maximum Gasteiger partial charge on any atom is 0.313 e. The molecule has 0 atom stereocenters. The van der Waals surface area contributed by atoms with Crippen molar-refractivity contribution in [2.45, 2.75) is 25.0 Å². The Kier molecular flexibility index (Phi) is 5.27. The summed E-state index contributed by atoms with van der Waals surface area (Å²) < 4.78 is 7.21. The summed E-state index contributed by atoms with van der Waals surface area (Å²) in [5.74, 6) is 0.0325. The van der Waals surface area contributed by atoms with E-state index >= 15 is 0 Å². The van der Waals surface area contributed by atoms with E-state index in [2.05, 4.69) is 11.1 Å². The van der Waals surface area contributed by atoms with Crippen LogP contribution in [0.5, 0.6) is 5.75 Å². The SMILES string of the molecule is COc1cccc(CCn2cc(C)nc2SCC(=O)O)c1. The molecule has 0 amide bonds. The molecule has 0 fully saturated rings. The van der Waals surface area contributed by atoms with E-state index < -0.39 is 5.97 Å². The monoisotopic (exact) mass is 306 g/mol. The third-order valence-electron chi connectivity index (χ3n) is 2.96. The standard InChI is InChI=1S/C15H18N2O3S/c1-11-9-17(15(16-11)21-10-14(18)19)7-6-12-4-3-5-13(8-12)20-2/h3-5,8-9H,6-7,10H2,1-2H3,(H,18,19). The van der Waals surface area contributed by atoms with Crippen LogP contribution in [-0.2, 0) is 17.8 Å². The van der Waals surface area contributed by atoms with Crippen LogP contribution in [-0.4, -0.2) is 33.5 Å². The number of carbonyl (C=O) groups is 1. The minimum Gasteiger partial charge on any atom is -0.497 e. The number of rotatable bonds is 7. The average molecular weight is 306 g/mol. The van der Waals surface area contributed by atoms with Crippen molar-refractivity contribution in [1.82, 2.24) is 9.55 Å². The van der Waals surface area contributed by atoms with Gasteiger partial charge >= 0.3 is 5.97 Å². The first-order valence-corrected chi connectivity index (χ1v) is 7.58. The van der Waals surface area contributed by atoms with Crippen LogP contribution in [0.15, 0.2) is 35.6 Å². The van der Waals surface area contributed by atoms with Crippen LogP contribution >= 0.6 is 11.8 Å². The van der Waals surface area contributed by atoms with E-state index in [1.807, 2.05) is 35.9 Å². The van der Waals surface area contributed by atoms with Crippen molar-refractivity contribution >= 4 is 17.7 Å². The van der Waals surface area contributed by atoms with Gasteiger partial charge in [-0.2, -0.15) is 0 Å². The van der Waals surface area contributed by atoms with E-state index in [0.29, 0.717) is 0 Å². The number of thioether (sulfide) groups is 1. The Morgan fingerprint density at radius 1 is 1.48 bits per heavy atom. The fourth-order valence-corrected chi connectivity index (χ4v) is 2.77. The van der Waals surface area contributed by atoms with Crippen LogP contribution in [0.3, 0.4) is 0 Å². The molecule has 112 valence electrons. The smallest absolute Gasteiger partial charge is 0.313 e. The quantitative estimate of drug-likeness (QED) is 0.797. The molecule has 5 nitrogen and oxygen atoms in total. The predicted octanol–water partition coefficient (Wildman–Crippen LogP) is 2.62. The maximum atomic E-state index is 10.7. The number of hydrogen-bond donors (Lipinski definition) is 1. The van der Waals surface area contributed by atoms with Gasteiger partial charge in [-0.15, -0.1) is 0 Å². The Balaban J connectivity index is 2.03. The molecule has 1 aromatic heterocycles. The van der Waals surface area contributed by atoms with E-state index in [9.17, 15) is 4.79 Å². The number of aliphatic carboxylic acids is 1. The number of methoxy groups -OCH3 is 1. The molecule has 0 unspecified atom stereocenters. The number of carboxylic acid groups (broad SMARTS) is 1. The zero-order chi connectivity index (χ0) is 15.2. The van der Waals surface area contributed by atoms with Gasteiger partial charge in [0.05, 0.1) is 18.6 Å². The summed E-state index contributed by atoms with van der Waals surface area (Å²) in [6.45, 7) is 2.67. The van der Waals surface area contributed by atoms with Gasteiger partial charge in [-0.1, -0.05) is 23.9 Å². The first kappa shape index (κ1) is 15.4. The number of aryl methyl sites for hydroxylation is 3. The summed E-state index contributed by atoms with van der Waals surface area (Å²) >= 11 is 1.25. The normalized spacial score (nSPS) is 10.6. The fraction of sp³-hybridized carbons (Fsp3) is 0.333. The van der Waals surface area contributed by atoms with Gasteiger partial charge in [0.2, 0.25) is 0 Å². The number of carboxylic acids is 1. The van der Waals surface area contributed by atoms with E-state index in [4.69, 9.17) is 9.84 Å². The van der Waals surface area contributed by atoms with Crippen LogP contribution < -0.4 is 4.74 Å². The van der Waals surface area contributed by atoms with E-state index in [-0.39, 0.29) is 5.75 Å². The lowest BCUT2D eigenvalue weighted by atomic mass is 10.1. The van der Waals surface area contributed by atoms with Crippen molar-refractivity contribution in [3.63, 3.8) is 0 Å². The molecule has 6 heteroatoms. The number of imidazole rings is 1. The third-order valence-corrected chi connectivity index (χ3v) is 3.94. The summed E-state index contributed by atoms with van der Waals surface area (Å²) in [5, 5.41) is 9.51. The molecule has 0 saturated heterocycles. The molecule has 0 aliphatic rings. The summed E-state index contributed by atoms with van der Waals surface area (Å²) in [6.07, 6.45) is 2.79. The second kappa shape index (κ2) is 7.17. The van der Waals surface area contributed by atoms with Crippen LogP contribution in [0.1, 0.15) is 11.3 Å². The van der Waals surface area contributed by atoms with Gasteiger partial charge in [0, 0.05) is 12.7 Å². The number of nitrogens with zero attached hydrogens (tertiary/aromatic N) is 2. The summed E-state index contributed by atoms with van der Waals surface area (Å²) in [7, 11) is 1.65. The number of ether oxygens (including phenoxy) is 1. The summed E-state index contributed by atoms with van der Waals surface area (Å²) in [6, 6.07) is 7.94. The third kappa shape index (κ3) is 4.53. The molecular formula is C15H18N2O3S. The van der Waals surface area contributed by atoms with Crippen LogP contribution in [0.2, 0.25) is 0 Å². The molecule has 2 rings (SSSR count). The Morgan fingerprint density at radius 3 is 3.00 bits per heavy atom. The zero-order valence-electron chi connectivity index (χ0n) is 12.1. The van der Waals surface area contributed by atoms with Gasteiger partial charge in [-0.3, -0.25) is 4.79 Å². The fourth-order valence-electron chi connectivity index (χ4n) is 2.00. The molecule has 0 bridgehead atoms. The van der Waals surface area contributed by atoms with E-state index in [0.717, 1.165) is 29.6 Å². The molecule has 21 heavy (non-hydrogen) atoms. The van der Waals surface area contributed by atoms with Crippen LogP contribution in [0, 0.1) is 6.92 Å². The van der Waals surface area contributed by atoms with Crippen molar-refractivity contribution in [2.75, 3.05) is 12.9 Å². The highest BCUT2D eigenvalue weighted by molar-refractivity contribution is 7.99.